The Bertz CT molecular complexity index is 927. The number of hydrogen-bond acceptors (Lipinski definition) is 5. The van der Waals surface area contributed by atoms with E-state index in [-0.39, 0.29) is 18.8 Å². The van der Waals surface area contributed by atoms with Gasteiger partial charge in [0.05, 0.1) is 6.61 Å². The van der Waals surface area contributed by atoms with E-state index in [1.807, 2.05) is 0 Å². The van der Waals surface area contributed by atoms with Crippen LogP contribution in [0.25, 0.3) is 11.1 Å². The SMILES string of the molecule is CCOC(=O)[C@H](O)C[C@@H](Cc1ccc(-c2cc(Cl)ccc2F)cc1)NC(=O)OC(C)(C)C. The fourth-order valence-corrected chi connectivity index (χ4v) is 3.27. The van der Waals surface area contributed by atoms with E-state index >= 15 is 0 Å². The van der Waals surface area contributed by atoms with E-state index in [4.69, 9.17) is 21.1 Å². The van der Waals surface area contributed by atoms with Crippen LogP contribution >= 0.6 is 11.6 Å². The van der Waals surface area contributed by atoms with Crippen LogP contribution in [0.1, 0.15) is 39.7 Å². The molecule has 0 aliphatic carbocycles. The van der Waals surface area contributed by atoms with Crippen LogP contribution < -0.4 is 5.32 Å². The summed E-state index contributed by atoms with van der Waals surface area (Å²) in [6.45, 7) is 7.00. The first kappa shape index (κ1) is 25.6. The average molecular weight is 466 g/mol. The van der Waals surface area contributed by atoms with Crippen LogP contribution in [-0.2, 0) is 20.7 Å². The molecule has 0 saturated carbocycles. The van der Waals surface area contributed by atoms with Gasteiger partial charge in [-0.25, -0.2) is 14.0 Å². The lowest BCUT2D eigenvalue weighted by Gasteiger charge is -2.25. The molecule has 2 rings (SSSR count). The van der Waals surface area contributed by atoms with E-state index in [2.05, 4.69) is 5.32 Å². The van der Waals surface area contributed by atoms with Gasteiger partial charge in [0.15, 0.2) is 6.10 Å². The zero-order chi connectivity index (χ0) is 23.9. The molecule has 0 aliphatic heterocycles. The van der Waals surface area contributed by atoms with Gasteiger partial charge in [-0.1, -0.05) is 35.9 Å². The van der Waals surface area contributed by atoms with Crippen molar-refractivity contribution in [3.05, 3.63) is 58.9 Å². The maximum Gasteiger partial charge on any atom is 0.407 e. The van der Waals surface area contributed by atoms with E-state index in [1.165, 1.54) is 12.1 Å². The topological polar surface area (TPSA) is 84.9 Å². The fourth-order valence-electron chi connectivity index (χ4n) is 3.10. The summed E-state index contributed by atoms with van der Waals surface area (Å²) in [4.78, 5) is 24.1. The molecule has 2 atom stereocenters. The number of amides is 1. The van der Waals surface area contributed by atoms with Gasteiger partial charge >= 0.3 is 12.1 Å². The standard InChI is InChI=1S/C24H29ClFNO5/c1-5-31-22(29)21(28)14-18(27-23(30)32-24(2,3)4)12-15-6-8-16(9-7-15)19-13-17(25)10-11-20(19)26/h6-11,13,18,21,28H,5,12,14H2,1-4H3,(H,27,30)/t18-,21-/m1/s1. The van der Waals surface area contributed by atoms with Gasteiger partial charge in [-0.3, -0.25) is 0 Å². The third-order valence-corrected chi connectivity index (χ3v) is 4.70. The lowest BCUT2D eigenvalue weighted by molar-refractivity contribution is -0.153. The van der Waals surface area contributed by atoms with E-state index in [9.17, 15) is 19.1 Å². The Kier molecular flexibility index (Phi) is 9.04. The van der Waals surface area contributed by atoms with Crippen molar-refractivity contribution in [2.45, 2.75) is 58.3 Å². The molecule has 0 radical (unpaired) electrons. The number of ether oxygens (including phenoxy) is 2. The minimum absolute atomic E-state index is 0.0528. The Hall–Kier alpha value is -2.64. The van der Waals surface area contributed by atoms with Crippen molar-refractivity contribution >= 4 is 23.7 Å². The van der Waals surface area contributed by atoms with Gasteiger partial charge in [-0.2, -0.15) is 0 Å². The van der Waals surface area contributed by atoms with Crippen molar-refractivity contribution in [2.75, 3.05) is 6.61 Å². The van der Waals surface area contributed by atoms with Crippen molar-refractivity contribution in [3.8, 4) is 11.1 Å². The third kappa shape index (κ3) is 8.13. The van der Waals surface area contributed by atoms with Gasteiger partial charge in [-0.15, -0.1) is 0 Å². The number of aliphatic hydroxyl groups excluding tert-OH is 1. The van der Waals surface area contributed by atoms with Crippen LogP contribution in [0.5, 0.6) is 0 Å². The van der Waals surface area contributed by atoms with E-state index in [0.717, 1.165) is 5.56 Å². The largest absolute Gasteiger partial charge is 0.464 e. The molecule has 32 heavy (non-hydrogen) atoms. The van der Waals surface area contributed by atoms with E-state index < -0.39 is 29.8 Å². The average Bonchev–Trinajstić information content (AvgIpc) is 2.69. The van der Waals surface area contributed by atoms with Crippen molar-refractivity contribution in [1.82, 2.24) is 5.32 Å². The van der Waals surface area contributed by atoms with Crippen molar-refractivity contribution in [2.24, 2.45) is 0 Å². The number of halogens is 2. The summed E-state index contributed by atoms with van der Waals surface area (Å²) in [6.07, 6.45) is -1.79. The second kappa shape index (κ2) is 11.3. The molecule has 2 N–H and O–H groups in total. The van der Waals surface area contributed by atoms with Crippen LogP contribution in [0.15, 0.2) is 42.5 Å². The summed E-state index contributed by atoms with van der Waals surface area (Å²) < 4.78 is 24.3. The van der Waals surface area contributed by atoms with Crippen LogP contribution in [0.3, 0.4) is 0 Å². The van der Waals surface area contributed by atoms with Crippen LogP contribution in [-0.4, -0.2) is 41.5 Å². The lowest BCUT2D eigenvalue weighted by Crippen LogP contribution is -2.43. The van der Waals surface area contributed by atoms with Crippen molar-refractivity contribution < 1.29 is 28.6 Å². The number of carbonyl (C=O) groups excluding carboxylic acids is 2. The number of aliphatic hydroxyl groups is 1. The van der Waals surface area contributed by atoms with E-state index in [0.29, 0.717) is 22.6 Å². The summed E-state index contributed by atoms with van der Waals surface area (Å²) in [6, 6.07) is 10.8. The molecule has 0 saturated heterocycles. The molecule has 0 bridgehead atoms. The van der Waals surface area contributed by atoms with Gasteiger partial charge in [0.2, 0.25) is 0 Å². The van der Waals surface area contributed by atoms with Crippen LogP contribution in [0.4, 0.5) is 9.18 Å². The number of alkyl carbamates (subject to hydrolysis) is 1. The van der Waals surface area contributed by atoms with Gasteiger partial charge in [0, 0.05) is 23.0 Å². The quantitative estimate of drug-likeness (QED) is 0.542. The Morgan fingerprint density at radius 3 is 2.41 bits per heavy atom. The second-order valence-corrected chi connectivity index (χ2v) is 8.81. The number of hydrogen-bond donors (Lipinski definition) is 2. The maximum absolute atomic E-state index is 14.1. The highest BCUT2D eigenvalue weighted by atomic mass is 35.5. The number of esters is 1. The molecule has 174 valence electrons. The summed E-state index contributed by atoms with van der Waals surface area (Å²) in [5.74, 6) is -1.14. The molecule has 2 aromatic rings. The Morgan fingerprint density at radius 2 is 1.81 bits per heavy atom. The third-order valence-electron chi connectivity index (χ3n) is 4.46. The summed E-state index contributed by atoms with van der Waals surface area (Å²) in [7, 11) is 0. The molecule has 1 amide bonds. The zero-order valence-electron chi connectivity index (χ0n) is 18.7. The highest BCUT2D eigenvalue weighted by Gasteiger charge is 2.25. The first-order chi connectivity index (χ1) is 15.0. The molecule has 0 heterocycles. The van der Waals surface area contributed by atoms with Crippen molar-refractivity contribution in [3.63, 3.8) is 0 Å². The molecule has 0 aromatic heterocycles. The molecule has 0 spiro atoms. The first-order valence-corrected chi connectivity index (χ1v) is 10.7. The molecule has 0 fully saturated rings. The highest BCUT2D eigenvalue weighted by Crippen LogP contribution is 2.26. The van der Waals surface area contributed by atoms with Gasteiger partial charge in [-0.05, 0) is 63.4 Å². The molecule has 8 heteroatoms. The monoisotopic (exact) mass is 465 g/mol. The molecule has 2 aromatic carbocycles. The van der Waals surface area contributed by atoms with Crippen LogP contribution in [0, 0.1) is 5.82 Å². The second-order valence-electron chi connectivity index (χ2n) is 8.37. The zero-order valence-corrected chi connectivity index (χ0v) is 19.4. The molecular formula is C24H29ClFNO5. The Balaban J connectivity index is 2.17. The Morgan fingerprint density at radius 1 is 1.16 bits per heavy atom. The normalized spacial score (nSPS) is 13.2. The van der Waals surface area contributed by atoms with E-state index in [1.54, 1.807) is 58.0 Å². The fraction of sp³-hybridized carbons (Fsp3) is 0.417. The molecule has 6 nitrogen and oxygen atoms in total. The first-order valence-electron chi connectivity index (χ1n) is 10.4. The minimum atomic E-state index is -1.39. The highest BCUT2D eigenvalue weighted by molar-refractivity contribution is 6.30. The number of nitrogens with one attached hydrogen (secondary N) is 1. The predicted molar refractivity (Wildman–Crippen MR) is 121 cm³/mol. The summed E-state index contributed by atoms with van der Waals surface area (Å²) in [5, 5.41) is 13.3. The predicted octanol–water partition coefficient (Wildman–Crippen LogP) is 4.90. The van der Waals surface area contributed by atoms with Crippen molar-refractivity contribution in [1.29, 1.82) is 0 Å². The minimum Gasteiger partial charge on any atom is -0.464 e. The Labute approximate surface area is 192 Å². The smallest absolute Gasteiger partial charge is 0.407 e. The molecule has 0 aliphatic rings. The number of carbonyl (C=O) groups is 2. The molecule has 0 unspecified atom stereocenters. The van der Waals surface area contributed by atoms with Gasteiger partial charge in [0.25, 0.3) is 0 Å². The number of benzene rings is 2. The number of rotatable bonds is 8. The van der Waals surface area contributed by atoms with Gasteiger partial charge in [0.1, 0.15) is 11.4 Å². The molecular weight excluding hydrogens is 437 g/mol. The lowest BCUT2D eigenvalue weighted by atomic mass is 9.97. The van der Waals surface area contributed by atoms with Gasteiger partial charge < -0.3 is 19.9 Å². The van der Waals surface area contributed by atoms with Crippen LogP contribution in [0.2, 0.25) is 5.02 Å². The maximum atomic E-state index is 14.1. The summed E-state index contributed by atoms with van der Waals surface area (Å²) in [5.41, 5.74) is 1.15. The summed E-state index contributed by atoms with van der Waals surface area (Å²) >= 11 is 5.98.